The van der Waals surface area contributed by atoms with Gasteiger partial charge in [0.25, 0.3) is 0 Å². The van der Waals surface area contributed by atoms with Crippen LogP contribution in [-0.4, -0.2) is 59.0 Å². The van der Waals surface area contributed by atoms with Crippen molar-refractivity contribution in [2.75, 3.05) is 33.6 Å². The number of anilines is 1. The molecule has 3 aromatic rings. The Morgan fingerprint density at radius 1 is 1.19 bits per heavy atom. The third-order valence-corrected chi connectivity index (χ3v) is 4.05. The van der Waals surface area contributed by atoms with Crippen molar-refractivity contribution in [1.29, 1.82) is 0 Å². The van der Waals surface area contributed by atoms with Gasteiger partial charge in [0, 0.05) is 18.3 Å². The number of rotatable bonds is 6. The van der Waals surface area contributed by atoms with Crippen molar-refractivity contribution in [3.05, 3.63) is 36.3 Å². The molecule has 3 rings (SSSR count). The van der Waals surface area contributed by atoms with Crippen LogP contribution in [0.3, 0.4) is 0 Å². The van der Waals surface area contributed by atoms with E-state index in [0.717, 1.165) is 16.7 Å². The zero-order valence-electron chi connectivity index (χ0n) is 15.6. The molecule has 0 saturated heterocycles. The second-order valence-corrected chi connectivity index (χ2v) is 6.23. The highest BCUT2D eigenvalue weighted by molar-refractivity contribution is 5.90. The highest BCUT2D eigenvalue weighted by atomic mass is 16.5. The molecule has 9 heteroatoms. The van der Waals surface area contributed by atoms with Crippen LogP contribution in [-0.2, 0) is 6.54 Å². The zero-order valence-corrected chi connectivity index (χ0v) is 15.6. The topological polar surface area (TPSA) is 101 Å². The molecule has 0 saturated carbocycles. The van der Waals surface area contributed by atoms with Crippen LogP contribution in [0.25, 0.3) is 16.8 Å². The smallest absolute Gasteiger partial charge is 0.409 e. The van der Waals surface area contributed by atoms with Crippen molar-refractivity contribution in [3.63, 3.8) is 0 Å². The first-order chi connectivity index (χ1) is 12.9. The molecule has 2 heterocycles. The molecular formula is C18H21N5O4. The maximum absolute atomic E-state index is 11.1. The number of hydrogen-bond acceptors (Lipinski definition) is 6. The SMILES string of the molecule is COc1cc(-c2cc(NC(=O)O)c3nncn3c2)cc(OC)c1CN(C)C. The van der Waals surface area contributed by atoms with E-state index in [-0.39, 0.29) is 0 Å². The number of carbonyl (C=O) groups is 1. The van der Waals surface area contributed by atoms with Crippen molar-refractivity contribution in [1.82, 2.24) is 19.5 Å². The van der Waals surface area contributed by atoms with E-state index in [1.807, 2.05) is 37.3 Å². The summed E-state index contributed by atoms with van der Waals surface area (Å²) in [6.45, 7) is 0.656. The number of ether oxygens (including phenoxy) is 2. The molecule has 0 aliphatic heterocycles. The highest BCUT2D eigenvalue weighted by Crippen LogP contribution is 2.36. The Labute approximate surface area is 156 Å². The molecule has 27 heavy (non-hydrogen) atoms. The summed E-state index contributed by atoms with van der Waals surface area (Å²) >= 11 is 0. The quantitative estimate of drug-likeness (QED) is 0.687. The minimum atomic E-state index is -1.17. The summed E-state index contributed by atoms with van der Waals surface area (Å²) < 4.78 is 12.8. The van der Waals surface area contributed by atoms with E-state index >= 15 is 0 Å². The lowest BCUT2D eigenvalue weighted by Crippen LogP contribution is -2.13. The van der Waals surface area contributed by atoms with Crippen LogP contribution in [0.1, 0.15) is 5.56 Å². The summed E-state index contributed by atoms with van der Waals surface area (Å²) in [5, 5.41) is 19.3. The van der Waals surface area contributed by atoms with Crippen molar-refractivity contribution in [2.24, 2.45) is 0 Å². The van der Waals surface area contributed by atoms with Gasteiger partial charge in [0.05, 0.1) is 25.5 Å². The summed E-state index contributed by atoms with van der Waals surface area (Å²) in [7, 11) is 7.16. The van der Waals surface area contributed by atoms with Gasteiger partial charge in [0.1, 0.15) is 17.8 Å². The average molecular weight is 371 g/mol. The lowest BCUT2D eigenvalue weighted by molar-refractivity contribution is 0.210. The zero-order chi connectivity index (χ0) is 19.6. The monoisotopic (exact) mass is 371 g/mol. The van der Waals surface area contributed by atoms with Gasteiger partial charge in [-0.3, -0.25) is 9.72 Å². The number of nitrogens with zero attached hydrogens (tertiary/aromatic N) is 4. The molecular weight excluding hydrogens is 350 g/mol. The van der Waals surface area contributed by atoms with Gasteiger partial charge in [-0.2, -0.15) is 0 Å². The number of hydrogen-bond donors (Lipinski definition) is 2. The molecule has 9 nitrogen and oxygen atoms in total. The molecule has 2 aromatic heterocycles. The van der Waals surface area contributed by atoms with Gasteiger partial charge < -0.3 is 19.5 Å². The predicted octanol–water partition coefficient (Wildman–Crippen LogP) is 2.57. The van der Waals surface area contributed by atoms with E-state index in [0.29, 0.717) is 29.4 Å². The van der Waals surface area contributed by atoms with E-state index < -0.39 is 6.09 Å². The maximum Gasteiger partial charge on any atom is 0.409 e. The Morgan fingerprint density at radius 2 is 1.85 bits per heavy atom. The van der Waals surface area contributed by atoms with E-state index in [2.05, 4.69) is 15.5 Å². The van der Waals surface area contributed by atoms with E-state index in [1.54, 1.807) is 24.7 Å². The Balaban J connectivity index is 2.17. The van der Waals surface area contributed by atoms with Gasteiger partial charge in [-0.05, 0) is 37.9 Å². The molecule has 0 spiro atoms. The fraction of sp³-hybridized carbons (Fsp3) is 0.278. The molecule has 0 bridgehead atoms. The Hall–Kier alpha value is -3.33. The number of aromatic nitrogens is 3. The molecule has 0 aliphatic rings. The number of nitrogens with one attached hydrogen (secondary N) is 1. The summed E-state index contributed by atoms with van der Waals surface area (Å²) in [5.41, 5.74) is 3.27. The first kappa shape index (κ1) is 18.5. The van der Waals surface area contributed by atoms with E-state index in [1.165, 1.54) is 6.33 Å². The van der Waals surface area contributed by atoms with Crippen LogP contribution >= 0.6 is 0 Å². The Bertz CT molecular complexity index is 958. The molecule has 0 unspecified atom stereocenters. The molecule has 2 N–H and O–H groups in total. The molecule has 0 radical (unpaired) electrons. The minimum absolute atomic E-state index is 0.341. The largest absolute Gasteiger partial charge is 0.496 e. The molecule has 1 aromatic carbocycles. The summed E-state index contributed by atoms with van der Waals surface area (Å²) in [6.07, 6.45) is 2.16. The third-order valence-electron chi connectivity index (χ3n) is 4.05. The standard InChI is InChI=1S/C18H21N5O4/c1-22(2)9-13-15(26-3)6-11(7-16(13)27-4)12-5-14(20-18(24)25)17-21-19-10-23(17)8-12/h5-8,10,20H,9H2,1-4H3,(H,24,25). The van der Waals surface area contributed by atoms with Gasteiger partial charge in [-0.25, -0.2) is 4.79 Å². The molecule has 0 atom stereocenters. The second-order valence-electron chi connectivity index (χ2n) is 6.23. The van der Waals surface area contributed by atoms with Crippen LogP contribution in [0, 0.1) is 0 Å². The molecule has 1 amide bonds. The number of fused-ring (bicyclic) bond motifs is 1. The molecule has 0 aliphatic carbocycles. The van der Waals surface area contributed by atoms with Gasteiger partial charge in [-0.15, -0.1) is 10.2 Å². The van der Waals surface area contributed by atoms with Crippen LogP contribution in [0.5, 0.6) is 11.5 Å². The number of amides is 1. The second kappa shape index (κ2) is 7.50. The van der Waals surface area contributed by atoms with Crippen LogP contribution in [0.15, 0.2) is 30.7 Å². The van der Waals surface area contributed by atoms with E-state index in [9.17, 15) is 4.79 Å². The van der Waals surface area contributed by atoms with Gasteiger partial charge in [0.15, 0.2) is 5.65 Å². The lowest BCUT2D eigenvalue weighted by atomic mass is 10.0. The van der Waals surface area contributed by atoms with Gasteiger partial charge >= 0.3 is 6.09 Å². The van der Waals surface area contributed by atoms with Crippen molar-refractivity contribution < 1.29 is 19.4 Å². The Morgan fingerprint density at radius 3 is 2.41 bits per heavy atom. The van der Waals surface area contributed by atoms with Crippen LogP contribution in [0.2, 0.25) is 0 Å². The third kappa shape index (κ3) is 3.77. The lowest BCUT2D eigenvalue weighted by Gasteiger charge is -2.18. The average Bonchev–Trinajstić information content (AvgIpc) is 3.09. The van der Waals surface area contributed by atoms with Gasteiger partial charge in [-0.1, -0.05) is 0 Å². The molecule has 0 fully saturated rings. The van der Waals surface area contributed by atoms with Crippen molar-refractivity contribution >= 4 is 17.4 Å². The Kier molecular flexibility index (Phi) is 5.13. The normalized spacial score (nSPS) is 11.0. The highest BCUT2D eigenvalue weighted by Gasteiger charge is 2.16. The van der Waals surface area contributed by atoms with Crippen molar-refractivity contribution in [2.45, 2.75) is 6.54 Å². The number of benzene rings is 1. The van der Waals surface area contributed by atoms with E-state index in [4.69, 9.17) is 14.6 Å². The van der Waals surface area contributed by atoms with Crippen molar-refractivity contribution in [3.8, 4) is 22.6 Å². The van der Waals surface area contributed by atoms with Crippen LogP contribution < -0.4 is 14.8 Å². The fourth-order valence-corrected chi connectivity index (χ4v) is 2.92. The number of carboxylic acid groups (broad SMARTS) is 1. The first-order valence-electron chi connectivity index (χ1n) is 8.16. The predicted molar refractivity (Wildman–Crippen MR) is 101 cm³/mol. The minimum Gasteiger partial charge on any atom is -0.496 e. The summed E-state index contributed by atoms with van der Waals surface area (Å²) in [5.74, 6) is 1.38. The summed E-state index contributed by atoms with van der Waals surface area (Å²) in [6, 6.07) is 5.51. The summed E-state index contributed by atoms with van der Waals surface area (Å²) in [4.78, 5) is 13.1. The molecule has 142 valence electrons. The number of methoxy groups -OCH3 is 2. The maximum atomic E-state index is 11.1. The number of pyridine rings is 1. The van der Waals surface area contributed by atoms with Crippen LogP contribution in [0.4, 0.5) is 10.5 Å². The van der Waals surface area contributed by atoms with Gasteiger partial charge in [0.2, 0.25) is 0 Å². The first-order valence-corrected chi connectivity index (χ1v) is 8.16. The fourth-order valence-electron chi connectivity index (χ4n) is 2.92.